The van der Waals surface area contributed by atoms with Crippen LogP contribution in [0, 0.1) is 0 Å². The number of urea groups is 1. The molecule has 1 aromatic carbocycles. The Kier molecular flexibility index (Phi) is 6.52. The van der Waals surface area contributed by atoms with Crippen LogP contribution in [0.2, 0.25) is 0 Å². The molecule has 6 heteroatoms. The molecule has 0 saturated carbocycles. The van der Waals surface area contributed by atoms with Gasteiger partial charge in [0.15, 0.2) is 0 Å². The van der Waals surface area contributed by atoms with Crippen LogP contribution >= 0.6 is 0 Å². The fraction of sp³-hybridized carbons (Fsp3) is 0.429. The summed E-state index contributed by atoms with van der Waals surface area (Å²) in [5, 5.41) is 3.02. The lowest BCUT2D eigenvalue weighted by Crippen LogP contribution is -2.43. The number of hydrogen-bond acceptors (Lipinski definition) is 3. The lowest BCUT2D eigenvalue weighted by molar-refractivity contribution is 0.0761. The molecule has 0 bridgehead atoms. The van der Waals surface area contributed by atoms with E-state index in [9.17, 15) is 9.59 Å². The van der Waals surface area contributed by atoms with Crippen molar-refractivity contribution in [3.63, 3.8) is 0 Å². The van der Waals surface area contributed by atoms with Crippen molar-refractivity contribution in [3.05, 3.63) is 60.1 Å². The maximum atomic E-state index is 12.5. The smallest absolute Gasteiger partial charge is 0.317 e. The van der Waals surface area contributed by atoms with E-state index in [1.54, 1.807) is 15.9 Å². The average Bonchev–Trinajstić information content (AvgIpc) is 3.12. The number of amides is 3. The molecule has 1 aromatic heterocycles. The van der Waals surface area contributed by atoms with Gasteiger partial charge in [-0.05, 0) is 30.4 Å². The standard InChI is InChI=1S/C21H27N3O3/c1-17(18-6-3-2-4-7-18)8-10-22-21(26)24-12-5-11-23(13-14-24)20(25)19-9-15-27-16-19/h2-4,6-7,9,15-17H,5,8,10-14H2,1H3,(H,22,26)/t17-/m0/s1. The molecule has 3 rings (SSSR count). The van der Waals surface area contributed by atoms with Crippen LogP contribution in [0.3, 0.4) is 0 Å². The van der Waals surface area contributed by atoms with Crippen LogP contribution in [0.15, 0.2) is 53.3 Å². The summed E-state index contributed by atoms with van der Waals surface area (Å²) < 4.78 is 4.99. The van der Waals surface area contributed by atoms with Crippen molar-refractivity contribution < 1.29 is 14.0 Å². The Hall–Kier alpha value is -2.76. The highest BCUT2D eigenvalue weighted by Gasteiger charge is 2.23. The van der Waals surface area contributed by atoms with Gasteiger partial charge in [-0.1, -0.05) is 37.3 Å². The van der Waals surface area contributed by atoms with Gasteiger partial charge < -0.3 is 19.5 Å². The summed E-state index contributed by atoms with van der Waals surface area (Å²) in [6.45, 7) is 5.21. The Labute approximate surface area is 160 Å². The van der Waals surface area contributed by atoms with Gasteiger partial charge >= 0.3 is 6.03 Å². The molecule has 1 N–H and O–H groups in total. The summed E-state index contributed by atoms with van der Waals surface area (Å²) in [5.74, 6) is 0.362. The van der Waals surface area contributed by atoms with Crippen molar-refractivity contribution in [2.24, 2.45) is 0 Å². The molecule has 1 fully saturated rings. The first-order chi connectivity index (χ1) is 13.1. The highest BCUT2D eigenvalue weighted by atomic mass is 16.3. The highest BCUT2D eigenvalue weighted by Crippen LogP contribution is 2.17. The minimum Gasteiger partial charge on any atom is -0.472 e. The number of benzene rings is 1. The molecule has 2 heterocycles. The summed E-state index contributed by atoms with van der Waals surface area (Å²) in [6, 6.07) is 12.0. The van der Waals surface area contributed by atoms with E-state index < -0.39 is 0 Å². The van der Waals surface area contributed by atoms with E-state index in [2.05, 4.69) is 24.4 Å². The largest absolute Gasteiger partial charge is 0.472 e. The molecule has 0 aliphatic carbocycles. The maximum absolute atomic E-state index is 12.5. The van der Waals surface area contributed by atoms with Gasteiger partial charge in [0, 0.05) is 32.7 Å². The van der Waals surface area contributed by atoms with Crippen LogP contribution in [0.1, 0.15) is 41.6 Å². The van der Waals surface area contributed by atoms with E-state index in [0.717, 1.165) is 12.8 Å². The van der Waals surface area contributed by atoms with Gasteiger partial charge in [-0.15, -0.1) is 0 Å². The van der Waals surface area contributed by atoms with Crippen molar-refractivity contribution in [3.8, 4) is 0 Å². The second kappa shape index (κ2) is 9.26. The SMILES string of the molecule is C[C@@H](CCNC(=O)N1CCCN(C(=O)c2ccoc2)CC1)c1ccccc1. The zero-order chi connectivity index (χ0) is 19.1. The van der Waals surface area contributed by atoms with Gasteiger partial charge in [0.25, 0.3) is 5.91 Å². The predicted molar refractivity (Wildman–Crippen MR) is 104 cm³/mol. The molecule has 1 atom stereocenters. The third-order valence-electron chi connectivity index (χ3n) is 5.06. The molecule has 0 spiro atoms. The minimum atomic E-state index is -0.0483. The van der Waals surface area contributed by atoms with Gasteiger partial charge in [0.05, 0.1) is 11.8 Å². The second-order valence-electron chi connectivity index (χ2n) is 6.98. The quantitative estimate of drug-likeness (QED) is 0.879. The molecule has 0 unspecified atom stereocenters. The van der Waals surface area contributed by atoms with Crippen LogP contribution in [0.4, 0.5) is 4.79 Å². The number of hydrogen-bond donors (Lipinski definition) is 1. The minimum absolute atomic E-state index is 0.0392. The number of furan rings is 1. The van der Waals surface area contributed by atoms with Crippen LogP contribution in [-0.2, 0) is 0 Å². The number of rotatable bonds is 5. The Morgan fingerprint density at radius 2 is 1.81 bits per heavy atom. The predicted octanol–water partition coefficient (Wildman–Crippen LogP) is 3.33. The monoisotopic (exact) mass is 369 g/mol. The molecule has 6 nitrogen and oxygen atoms in total. The van der Waals surface area contributed by atoms with Crippen molar-refractivity contribution in [2.75, 3.05) is 32.7 Å². The summed E-state index contributed by atoms with van der Waals surface area (Å²) in [5.41, 5.74) is 1.85. The van der Waals surface area contributed by atoms with Crippen molar-refractivity contribution in [1.29, 1.82) is 0 Å². The maximum Gasteiger partial charge on any atom is 0.317 e. The fourth-order valence-corrected chi connectivity index (χ4v) is 3.35. The van der Waals surface area contributed by atoms with E-state index in [1.807, 2.05) is 18.2 Å². The average molecular weight is 369 g/mol. The number of nitrogens with one attached hydrogen (secondary N) is 1. The highest BCUT2D eigenvalue weighted by molar-refractivity contribution is 5.93. The van der Waals surface area contributed by atoms with E-state index in [-0.39, 0.29) is 11.9 Å². The van der Waals surface area contributed by atoms with E-state index in [1.165, 1.54) is 18.1 Å². The Balaban J connectivity index is 1.43. The first kappa shape index (κ1) is 19.0. The van der Waals surface area contributed by atoms with Crippen LogP contribution in [0.5, 0.6) is 0 Å². The Bertz CT molecular complexity index is 730. The van der Waals surface area contributed by atoms with Crippen LogP contribution in [-0.4, -0.2) is 54.5 Å². The normalized spacial score (nSPS) is 15.9. The molecule has 3 amide bonds. The third kappa shape index (κ3) is 5.12. The van der Waals surface area contributed by atoms with Crippen molar-refractivity contribution in [2.45, 2.75) is 25.7 Å². The summed E-state index contributed by atoms with van der Waals surface area (Å²) >= 11 is 0. The zero-order valence-corrected chi connectivity index (χ0v) is 15.8. The lowest BCUT2D eigenvalue weighted by Gasteiger charge is -2.22. The Morgan fingerprint density at radius 3 is 2.56 bits per heavy atom. The van der Waals surface area contributed by atoms with Gasteiger partial charge in [-0.2, -0.15) is 0 Å². The zero-order valence-electron chi connectivity index (χ0n) is 15.8. The summed E-state index contributed by atoms with van der Waals surface area (Å²) in [6.07, 6.45) is 4.64. The third-order valence-corrected chi connectivity index (χ3v) is 5.06. The number of carbonyl (C=O) groups is 2. The van der Waals surface area contributed by atoms with Crippen molar-refractivity contribution >= 4 is 11.9 Å². The van der Waals surface area contributed by atoms with Crippen molar-refractivity contribution in [1.82, 2.24) is 15.1 Å². The molecular weight excluding hydrogens is 342 g/mol. The van der Waals surface area contributed by atoms with Gasteiger partial charge in [0.1, 0.15) is 6.26 Å². The molecule has 2 aromatic rings. The van der Waals surface area contributed by atoms with Gasteiger partial charge in [-0.3, -0.25) is 4.79 Å². The van der Waals surface area contributed by atoms with E-state index in [0.29, 0.717) is 44.2 Å². The van der Waals surface area contributed by atoms with Gasteiger partial charge in [0.2, 0.25) is 0 Å². The molecule has 1 aliphatic heterocycles. The topological polar surface area (TPSA) is 65.8 Å². The fourth-order valence-electron chi connectivity index (χ4n) is 3.35. The molecule has 144 valence electrons. The summed E-state index contributed by atoms with van der Waals surface area (Å²) in [7, 11) is 0. The van der Waals surface area contributed by atoms with Gasteiger partial charge in [-0.25, -0.2) is 4.79 Å². The Morgan fingerprint density at radius 1 is 1.07 bits per heavy atom. The van der Waals surface area contributed by atoms with Crippen LogP contribution in [0.25, 0.3) is 0 Å². The van der Waals surface area contributed by atoms with E-state index in [4.69, 9.17) is 4.42 Å². The first-order valence-electron chi connectivity index (χ1n) is 9.54. The van der Waals surface area contributed by atoms with E-state index >= 15 is 0 Å². The molecule has 0 radical (unpaired) electrons. The molecule has 1 saturated heterocycles. The molecule has 1 aliphatic rings. The molecular formula is C21H27N3O3. The summed E-state index contributed by atoms with van der Waals surface area (Å²) in [4.78, 5) is 28.5. The molecule has 27 heavy (non-hydrogen) atoms. The first-order valence-corrected chi connectivity index (χ1v) is 9.54. The lowest BCUT2D eigenvalue weighted by atomic mass is 9.98. The second-order valence-corrected chi connectivity index (χ2v) is 6.98. The number of carbonyl (C=O) groups excluding carboxylic acids is 2. The van der Waals surface area contributed by atoms with Crippen LogP contribution < -0.4 is 5.32 Å². The number of nitrogens with zero attached hydrogens (tertiary/aromatic N) is 2.